The van der Waals surface area contributed by atoms with E-state index >= 15 is 0 Å². The lowest BCUT2D eigenvalue weighted by Crippen LogP contribution is -2.23. The lowest BCUT2D eigenvalue weighted by atomic mass is 10.1. The summed E-state index contributed by atoms with van der Waals surface area (Å²) in [4.78, 5) is 16.3. The van der Waals surface area contributed by atoms with Gasteiger partial charge in [-0.2, -0.15) is 5.10 Å². The van der Waals surface area contributed by atoms with E-state index in [2.05, 4.69) is 26.6 Å². The van der Waals surface area contributed by atoms with Gasteiger partial charge in [0, 0.05) is 30.9 Å². The molecule has 3 aromatic rings. The molecule has 0 bridgehead atoms. The van der Waals surface area contributed by atoms with Gasteiger partial charge in [0.15, 0.2) is 0 Å². The van der Waals surface area contributed by atoms with Gasteiger partial charge in [-0.1, -0.05) is 6.07 Å². The number of H-pyrrole nitrogens is 1. The fourth-order valence-electron chi connectivity index (χ4n) is 2.71. The molecule has 0 atom stereocenters. The van der Waals surface area contributed by atoms with Crippen molar-refractivity contribution in [1.29, 1.82) is 0 Å². The van der Waals surface area contributed by atoms with Crippen LogP contribution in [0.25, 0.3) is 11.3 Å². The van der Waals surface area contributed by atoms with E-state index in [9.17, 15) is 4.79 Å². The fraction of sp³-hybridized carbons (Fsp3) is 0.167. The van der Waals surface area contributed by atoms with Gasteiger partial charge in [0.05, 0.1) is 12.3 Å². The average molecular weight is 320 g/mol. The number of hydrogen-bond acceptors (Lipinski definition) is 4. The van der Waals surface area contributed by atoms with Crippen LogP contribution in [0, 0.1) is 0 Å². The van der Waals surface area contributed by atoms with Gasteiger partial charge >= 0.3 is 0 Å². The van der Waals surface area contributed by atoms with Crippen LogP contribution < -0.4 is 10.1 Å². The number of nitrogens with zero attached hydrogens (tertiary/aromatic N) is 2. The molecular weight excluding hydrogens is 304 g/mol. The lowest BCUT2D eigenvalue weighted by Gasteiger charge is -2.02. The molecule has 0 saturated carbocycles. The van der Waals surface area contributed by atoms with Crippen LogP contribution in [-0.2, 0) is 13.0 Å². The second-order valence-electron chi connectivity index (χ2n) is 5.63. The Labute approximate surface area is 138 Å². The summed E-state index contributed by atoms with van der Waals surface area (Å²) >= 11 is 0. The highest BCUT2D eigenvalue weighted by Gasteiger charge is 2.15. The molecule has 1 aromatic carbocycles. The summed E-state index contributed by atoms with van der Waals surface area (Å²) in [5, 5.41) is 9.90. The predicted octanol–water partition coefficient (Wildman–Crippen LogP) is 2.34. The van der Waals surface area contributed by atoms with Gasteiger partial charge in [-0.25, -0.2) is 0 Å². The third-order valence-corrected chi connectivity index (χ3v) is 3.98. The highest BCUT2D eigenvalue weighted by molar-refractivity contribution is 5.93. The number of aromatic nitrogens is 3. The molecule has 6 nitrogen and oxygen atoms in total. The van der Waals surface area contributed by atoms with E-state index in [1.807, 2.05) is 24.3 Å². The van der Waals surface area contributed by atoms with Crippen LogP contribution in [0.15, 0.2) is 48.8 Å². The molecule has 0 unspecified atom stereocenters. The number of aromatic amines is 1. The topological polar surface area (TPSA) is 79.9 Å². The number of hydrogen-bond donors (Lipinski definition) is 2. The first kappa shape index (κ1) is 14.4. The first-order valence-electron chi connectivity index (χ1n) is 7.78. The molecule has 6 heteroatoms. The van der Waals surface area contributed by atoms with Crippen molar-refractivity contribution in [2.45, 2.75) is 13.0 Å². The van der Waals surface area contributed by atoms with Gasteiger partial charge in [0.1, 0.15) is 11.4 Å². The number of nitrogens with one attached hydrogen (secondary N) is 2. The highest BCUT2D eigenvalue weighted by Crippen LogP contribution is 2.29. The number of fused-ring (bicyclic) bond motifs is 1. The Hall–Kier alpha value is -3.15. The SMILES string of the molecule is O=C(NCc1cccnc1)c1cc(-c2ccc3c(c2)CCO3)n[nH]1. The predicted molar refractivity (Wildman–Crippen MR) is 88.6 cm³/mol. The summed E-state index contributed by atoms with van der Waals surface area (Å²) in [6.07, 6.45) is 4.34. The Morgan fingerprint density at radius 1 is 1.29 bits per heavy atom. The molecule has 0 aliphatic carbocycles. The Kier molecular flexibility index (Phi) is 3.70. The minimum atomic E-state index is -0.193. The molecule has 0 saturated heterocycles. The van der Waals surface area contributed by atoms with Crippen molar-refractivity contribution in [1.82, 2.24) is 20.5 Å². The summed E-state index contributed by atoms with van der Waals surface area (Å²) in [5.74, 6) is 0.741. The molecule has 1 aliphatic heterocycles. The zero-order chi connectivity index (χ0) is 16.4. The van der Waals surface area contributed by atoms with Crippen LogP contribution in [0.4, 0.5) is 0 Å². The van der Waals surface area contributed by atoms with Gasteiger partial charge in [0.25, 0.3) is 5.91 Å². The van der Waals surface area contributed by atoms with Crippen LogP contribution in [-0.4, -0.2) is 27.7 Å². The standard InChI is InChI=1S/C18H16N4O2/c23-18(20-11-12-2-1-6-19-10-12)16-9-15(21-22-16)13-3-4-17-14(8-13)5-7-24-17/h1-4,6,8-10H,5,7,11H2,(H,20,23)(H,21,22). The van der Waals surface area contributed by atoms with Crippen molar-refractivity contribution in [3.05, 3.63) is 65.6 Å². The van der Waals surface area contributed by atoms with Crippen LogP contribution >= 0.6 is 0 Å². The molecule has 1 amide bonds. The molecule has 0 spiro atoms. The first-order valence-corrected chi connectivity index (χ1v) is 7.78. The number of pyridine rings is 1. The van der Waals surface area contributed by atoms with Crippen molar-refractivity contribution >= 4 is 5.91 Å². The molecule has 2 aromatic heterocycles. The molecule has 1 aliphatic rings. The maximum Gasteiger partial charge on any atom is 0.269 e. The summed E-state index contributed by atoms with van der Waals surface area (Å²) < 4.78 is 5.51. The number of carbonyl (C=O) groups excluding carboxylic acids is 1. The van der Waals surface area contributed by atoms with Gasteiger partial charge in [-0.15, -0.1) is 0 Å². The molecule has 2 N–H and O–H groups in total. The number of benzene rings is 1. The maximum absolute atomic E-state index is 12.2. The molecular formula is C18H16N4O2. The number of rotatable bonds is 4. The van der Waals surface area contributed by atoms with Gasteiger partial charge in [0.2, 0.25) is 0 Å². The minimum Gasteiger partial charge on any atom is -0.493 e. The Balaban J connectivity index is 1.47. The van der Waals surface area contributed by atoms with E-state index in [1.54, 1.807) is 18.5 Å². The largest absolute Gasteiger partial charge is 0.493 e. The number of carbonyl (C=O) groups is 1. The normalized spacial score (nSPS) is 12.5. The van der Waals surface area contributed by atoms with Gasteiger partial charge in [-0.3, -0.25) is 14.9 Å². The van der Waals surface area contributed by atoms with E-state index in [0.29, 0.717) is 12.2 Å². The fourth-order valence-corrected chi connectivity index (χ4v) is 2.71. The van der Waals surface area contributed by atoms with Crippen molar-refractivity contribution in [2.24, 2.45) is 0 Å². The smallest absolute Gasteiger partial charge is 0.269 e. The van der Waals surface area contributed by atoms with Crippen LogP contribution in [0.1, 0.15) is 21.6 Å². The second-order valence-corrected chi connectivity index (χ2v) is 5.63. The van der Waals surface area contributed by atoms with Gasteiger partial charge < -0.3 is 10.1 Å². The lowest BCUT2D eigenvalue weighted by molar-refractivity contribution is 0.0946. The molecule has 24 heavy (non-hydrogen) atoms. The van der Waals surface area contributed by atoms with Crippen LogP contribution in [0.5, 0.6) is 5.75 Å². The molecule has 4 rings (SSSR count). The Morgan fingerprint density at radius 3 is 3.12 bits per heavy atom. The average Bonchev–Trinajstić information content (AvgIpc) is 3.29. The number of ether oxygens (including phenoxy) is 1. The third-order valence-electron chi connectivity index (χ3n) is 3.98. The quantitative estimate of drug-likeness (QED) is 0.773. The zero-order valence-corrected chi connectivity index (χ0v) is 13.0. The summed E-state index contributed by atoms with van der Waals surface area (Å²) in [6.45, 7) is 1.15. The van der Waals surface area contributed by atoms with Crippen LogP contribution in [0.3, 0.4) is 0 Å². The van der Waals surface area contributed by atoms with E-state index in [-0.39, 0.29) is 5.91 Å². The van der Waals surface area contributed by atoms with Crippen molar-refractivity contribution in [3.63, 3.8) is 0 Å². The van der Waals surface area contributed by atoms with E-state index in [1.165, 1.54) is 5.56 Å². The zero-order valence-electron chi connectivity index (χ0n) is 13.0. The van der Waals surface area contributed by atoms with E-state index in [0.717, 1.165) is 35.6 Å². The second kappa shape index (κ2) is 6.16. The third kappa shape index (κ3) is 2.86. The van der Waals surface area contributed by atoms with Gasteiger partial charge in [-0.05, 0) is 41.5 Å². The Morgan fingerprint density at radius 2 is 2.25 bits per heavy atom. The van der Waals surface area contributed by atoms with Crippen molar-refractivity contribution in [2.75, 3.05) is 6.61 Å². The number of amides is 1. The highest BCUT2D eigenvalue weighted by atomic mass is 16.5. The van der Waals surface area contributed by atoms with Crippen molar-refractivity contribution in [3.8, 4) is 17.0 Å². The first-order chi connectivity index (χ1) is 11.8. The molecule has 120 valence electrons. The maximum atomic E-state index is 12.2. The Bertz CT molecular complexity index is 874. The van der Waals surface area contributed by atoms with Crippen molar-refractivity contribution < 1.29 is 9.53 Å². The van der Waals surface area contributed by atoms with Crippen LogP contribution in [0.2, 0.25) is 0 Å². The minimum absolute atomic E-state index is 0.193. The van der Waals surface area contributed by atoms with E-state index in [4.69, 9.17) is 4.74 Å². The monoisotopic (exact) mass is 320 g/mol. The molecule has 3 heterocycles. The summed E-state index contributed by atoms with van der Waals surface area (Å²) in [5.41, 5.74) is 4.28. The van der Waals surface area contributed by atoms with E-state index < -0.39 is 0 Å². The molecule has 0 fully saturated rings. The summed E-state index contributed by atoms with van der Waals surface area (Å²) in [7, 11) is 0. The molecule has 0 radical (unpaired) electrons. The summed E-state index contributed by atoms with van der Waals surface area (Å²) in [6, 6.07) is 11.5.